The van der Waals surface area contributed by atoms with E-state index in [4.69, 9.17) is 4.74 Å². The minimum atomic E-state index is 0.0174. The molecule has 2 aliphatic rings. The molecule has 4 heteroatoms. The fourth-order valence-corrected chi connectivity index (χ4v) is 2.38. The van der Waals surface area contributed by atoms with E-state index < -0.39 is 0 Å². The van der Waals surface area contributed by atoms with Gasteiger partial charge in [0.25, 0.3) is 0 Å². The monoisotopic (exact) mass is 212 g/mol. The summed E-state index contributed by atoms with van der Waals surface area (Å²) in [5.41, 5.74) is 0.0174. The first-order valence-electron chi connectivity index (χ1n) is 5.75. The maximum atomic E-state index is 12.0. The van der Waals surface area contributed by atoms with Crippen molar-refractivity contribution in [2.45, 2.75) is 44.7 Å². The Morgan fingerprint density at radius 3 is 2.87 bits per heavy atom. The third-order valence-corrected chi connectivity index (χ3v) is 3.40. The Balaban J connectivity index is 1.89. The second-order valence-electron chi connectivity index (χ2n) is 5.08. The highest BCUT2D eigenvalue weighted by molar-refractivity contribution is 5.75. The number of carbonyl (C=O) groups excluding carboxylic acids is 1. The van der Waals surface area contributed by atoms with Crippen molar-refractivity contribution in [2.75, 3.05) is 19.8 Å². The van der Waals surface area contributed by atoms with E-state index in [9.17, 15) is 4.79 Å². The van der Waals surface area contributed by atoms with Gasteiger partial charge in [-0.05, 0) is 33.1 Å². The number of amides is 2. The van der Waals surface area contributed by atoms with Crippen molar-refractivity contribution in [1.82, 2.24) is 10.2 Å². The standard InChI is InChI=1S/C11H20N2O2/c1-11(2)5-3-6-13(11)10(14)12-9-4-7-15-8-9/h9H,3-8H2,1-2H3,(H,12,14). The van der Waals surface area contributed by atoms with Crippen LogP contribution in [0.4, 0.5) is 4.79 Å². The van der Waals surface area contributed by atoms with Crippen molar-refractivity contribution in [3.63, 3.8) is 0 Å². The van der Waals surface area contributed by atoms with Crippen molar-refractivity contribution in [3.8, 4) is 0 Å². The van der Waals surface area contributed by atoms with Crippen LogP contribution in [0.5, 0.6) is 0 Å². The maximum absolute atomic E-state index is 12.0. The molecule has 2 rings (SSSR count). The normalized spacial score (nSPS) is 29.5. The summed E-state index contributed by atoms with van der Waals surface area (Å²) in [4.78, 5) is 13.9. The Bertz CT molecular complexity index is 247. The average Bonchev–Trinajstić information content (AvgIpc) is 2.73. The van der Waals surface area contributed by atoms with E-state index in [2.05, 4.69) is 19.2 Å². The lowest BCUT2D eigenvalue weighted by Gasteiger charge is -2.32. The second-order valence-corrected chi connectivity index (χ2v) is 5.08. The van der Waals surface area contributed by atoms with E-state index in [0.717, 1.165) is 32.4 Å². The number of nitrogens with one attached hydrogen (secondary N) is 1. The van der Waals surface area contributed by atoms with Gasteiger partial charge in [-0.3, -0.25) is 0 Å². The molecule has 0 bridgehead atoms. The van der Waals surface area contributed by atoms with Gasteiger partial charge >= 0.3 is 6.03 Å². The molecule has 1 N–H and O–H groups in total. The van der Waals surface area contributed by atoms with Crippen molar-refractivity contribution >= 4 is 6.03 Å². The minimum Gasteiger partial charge on any atom is -0.379 e. The molecule has 2 saturated heterocycles. The quantitative estimate of drug-likeness (QED) is 0.713. The Morgan fingerprint density at radius 2 is 2.33 bits per heavy atom. The summed E-state index contributed by atoms with van der Waals surface area (Å²) in [6.45, 7) is 6.58. The number of carbonyl (C=O) groups is 1. The third-order valence-electron chi connectivity index (χ3n) is 3.40. The van der Waals surface area contributed by atoms with Crippen molar-refractivity contribution in [1.29, 1.82) is 0 Å². The van der Waals surface area contributed by atoms with Crippen LogP contribution in [-0.4, -0.2) is 42.3 Å². The molecule has 86 valence electrons. The Labute approximate surface area is 91.0 Å². The molecule has 0 aromatic heterocycles. The zero-order valence-electron chi connectivity index (χ0n) is 9.58. The summed E-state index contributed by atoms with van der Waals surface area (Å²) in [6.07, 6.45) is 3.16. The lowest BCUT2D eigenvalue weighted by Crippen LogP contribution is -2.50. The highest BCUT2D eigenvalue weighted by atomic mass is 16.5. The van der Waals surface area contributed by atoms with Gasteiger partial charge in [-0.1, -0.05) is 0 Å². The molecular weight excluding hydrogens is 192 g/mol. The van der Waals surface area contributed by atoms with Crippen LogP contribution in [0.3, 0.4) is 0 Å². The van der Waals surface area contributed by atoms with Crippen LogP contribution in [0.1, 0.15) is 33.1 Å². The Morgan fingerprint density at radius 1 is 1.53 bits per heavy atom. The molecule has 0 aromatic carbocycles. The first kappa shape index (κ1) is 10.7. The fourth-order valence-electron chi connectivity index (χ4n) is 2.38. The van der Waals surface area contributed by atoms with Gasteiger partial charge in [0.1, 0.15) is 0 Å². The highest BCUT2D eigenvalue weighted by Gasteiger charge is 2.36. The van der Waals surface area contributed by atoms with E-state index in [1.807, 2.05) is 4.90 Å². The molecule has 2 heterocycles. The minimum absolute atomic E-state index is 0.0174. The van der Waals surface area contributed by atoms with Gasteiger partial charge in [-0.25, -0.2) is 4.79 Å². The molecule has 2 amide bonds. The molecule has 1 unspecified atom stereocenters. The van der Waals surface area contributed by atoms with E-state index in [1.54, 1.807) is 0 Å². The van der Waals surface area contributed by atoms with Crippen molar-refractivity contribution in [3.05, 3.63) is 0 Å². The SMILES string of the molecule is CC1(C)CCCN1C(=O)NC1CCOC1. The van der Waals surface area contributed by atoms with E-state index in [-0.39, 0.29) is 17.6 Å². The molecular formula is C11H20N2O2. The molecule has 0 aromatic rings. The summed E-state index contributed by atoms with van der Waals surface area (Å²) in [7, 11) is 0. The maximum Gasteiger partial charge on any atom is 0.318 e. The number of hydrogen-bond donors (Lipinski definition) is 1. The number of rotatable bonds is 1. The largest absolute Gasteiger partial charge is 0.379 e. The highest BCUT2D eigenvalue weighted by Crippen LogP contribution is 2.28. The third kappa shape index (κ3) is 2.25. The van der Waals surface area contributed by atoms with Crippen LogP contribution in [0.2, 0.25) is 0 Å². The van der Waals surface area contributed by atoms with Gasteiger partial charge < -0.3 is 15.0 Å². The molecule has 2 aliphatic heterocycles. The van der Waals surface area contributed by atoms with Crippen LogP contribution < -0.4 is 5.32 Å². The first-order valence-corrected chi connectivity index (χ1v) is 5.75. The topological polar surface area (TPSA) is 41.6 Å². The van der Waals surface area contributed by atoms with E-state index >= 15 is 0 Å². The van der Waals surface area contributed by atoms with Gasteiger partial charge in [-0.2, -0.15) is 0 Å². The molecule has 0 saturated carbocycles. The molecule has 0 radical (unpaired) electrons. The van der Waals surface area contributed by atoms with Crippen molar-refractivity contribution in [2.24, 2.45) is 0 Å². The van der Waals surface area contributed by atoms with Gasteiger partial charge in [0.15, 0.2) is 0 Å². The zero-order chi connectivity index (χ0) is 10.9. The molecule has 15 heavy (non-hydrogen) atoms. The summed E-state index contributed by atoms with van der Waals surface area (Å²) >= 11 is 0. The molecule has 0 aliphatic carbocycles. The number of urea groups is 1. The Kier molecular flexibility index (Phi) is 2.87. The van der Waals surface area contributed by atoms with E-state index in [1.165, 1.54) is 0 Å². The molecule has 4 nitrogen and oxygen atoms in total. The van der Waals surface area contributed by atoms with Crippen LogP contribution in [0, 0.1) is 0 Å². The van der Waals surface area contributed by atoms with Gasteiger partial charge in [0.2, 0.25) is 0 Å². The molecule has 1 atom stereocenters. The average molecular weight is 212 g/mol. The summed E-state index contributed by atoms with van der Waals surface area (Å²) in [5, 5.41) is 3.04. The predicted octanol–water partition coefficient (Wildman–Crippen LogP) is 1.36. The predicted molar refractivity (Wildman–Crippen MR) is 57.8 cm³/mol. The molecule has 0 spiro atoms. The number of nitrogens with zero attached hydrogens (tertiary/aromatic N) is 1. The summed E-state index contributed by atoms with van der Waals surface area (Å²) in [5.74, 6) is 0. The Hall–Kier alpha value is -0.770. The summed E-state index contributed by atoms with van der Waals surface area (Å²) < 4.78 is 5.24. The van der Waals surface area contributed by atoms with Gasteiger partial charge in [-0.15, -0.1) is 0 Å². The number of hydrogen-bond acceptors (Lipinski definition) is 2. The lowest BCUT2D eigenvalue weighted by atomic mass is 10.0. The van der Waals surface area contributed by atoms with Crippen molar-refractivity contribution < 1.29 is 9.53 Å². The molecule has 2 fully saturated rings. The second kappa shape index (κ2) is 4.00. The van der Waals surface area contributed by atoms with Crippen LogP contribution in [-0.2, 0) is 4.74 Å². The van der Waals surface area contributed by atoms with Crippen LogP contribution in [0.25, 0.3) is 0 Å². The van der Waals surface area contributed by atoms with E-state index in [0.29, 0.717) is 6.61 Å². The number of ether oxygens (including phenoxy) is 1. The lowest BCUT2D eigenvalue weighted by molar-refractivity contribution is 0.156. The summed E-state index contributed by atoms with van der Waals surface area (Å²) in [6, 6.07) is 0.293. The fraction of sp³-hybridized carbons (Fsp3) is 0.909. The van der Waals surface area contributed by atoms with Crippen LogP contribution in [0.15, 0.2) is 0 Å². The van der Waals surface area contributed by atoms with Gasteiger partial charge in [0.05, 0.1) is 12.6 Å². The first-order chi connectivity index (χ1) is 7.09. The smallest absolute Gasteiger partial charge is 0.318 e. The zero-order valence-corrected chi connectivity index (χ0v) is 9.58. The van der Waals surface area contributed by atoms with Crippen LogP contribution >= 0.6 is 0 Å². The number of likely N-dealkylation sites (tertiary alicyclic amines) is 1. The van der Waals surface area contributed by atoms with Gasteiger partial charge in [0, 0.05) is 18.7 Å².